The van der Waals surface area contributed by atoms with Gasteiger partial charge >= 0.3 is 5.97 Å². The highest BCUT2D eigenvalue weighted by Crippen LogP contribution is 2.20. The van der Waals surface area contributed by atoms with E-state index in [0.717, 1.165) is 4.60 Å². The molecular weight excluding hydrogens is 342 g/mol. The van der Waals surface area contributed by atoms with Crippen LogP contribution in [-0.4, -0.2) is 52.7 Å². The summed E-state index contributed by atoms with van der Waals surface area (Å²) < 4.78 is 1.67. The zero-order valence-corrected chi connectivity index (χ0v) is 12.5. The Morgan fingerprint density at radius 1 is 1.50 bits per heavy atom. The minimum Gasteiger partial charge on any atom is -0.477 e. The Bertz CT molecular complexity index is 398. The normalized spacial score (nSPS) is 13.8. The van der Waals surface area contributed by atoms with Crippen molar-refractivity contribution < 1.29 is 14.4 Å². The van der Waals surface area contributed by atoms with E-state index in [1.807, 2.05) is 21.1 Å². The van der Waals surface area contributed by atoms with Crippen LogP contribution in [0.4, 0.5) is 0 Å². The number of aromatic amines is 1. The molecule has 0 aliphatic heterocycles. The Labute approximate surface area is 111 Å². The smallest absolute Gasteiger partial charge is 0.362 e. The summed E-state index contributed by atoms with van der Waals surface area (Å²) in [6, 6.07) is -0.522. The molecule has 1 rings (SSSR count). The number of nitrogens with zero attached hydrogens (tertiary/aromatic N) is 2. The van der Waals surface area contributed by atoms with Crippen LogP contribution in [0.1, 0.15) is 5.69 Å². The van der Waals surface area contributed by atoms with Crippen LogP contribution in [0, 0.1) is 0 Å². The van der Waals surface area contributed by atoms with Crippen LogP contribution >= 0.6 is 31.9 Å². The number of halogens is 2. The van der Waals surface area contributed by atoms with Gasteiger partial charge in [-0.25, -0.2) is 9.78 Å². The van der Waals surface area contributed by atoms with Gasteiger partial charge in [0.15, 0.2) is 10.8 Å². The average Bonchev–Trinajstić information content (AvgIpc) is 2.38. The molecule has 5 nitrogen and oxygen atoms in total. The summed E-state index contributed by atoms with van der Waals surface area (Å²) in [4.78, 5) is 18.3. The van der Waals surface area contributed by atoms with E-state index in [0.29, 0.717) is 21.3 Å². The van der Waals surface area contributed by atoms with Crippen LogP contribution in [-0.2, 0) is 11.2 Å². The number of H-pyrrole nitrogens is 1. The Morgan fingerprint density at radius 3 is 2.38 bits per heavy atom. The van der Waals surface area contributed by atoms with Gasteiger partial charge in [-0.3, -0.25) is 0 Å². The third kappa shape index (κ3) is 3.29. The topological polar surface area (TPSA) is 66.0 Å². The molecule has 1 atom stereocenters. The zero-order chi connectivity index (χ0) is 12.5. The maximum Gasteiger partial charge on any atom is 0.362 e. The summed E-state index contributed by atoms with van der Waals surface area (Å²) in [7, 11) is 5.57. The fraction of sp³-hybridized carbons (Fsp3) is 0.556. The fourth-order valence-electron chi connectivity index (χ4n) is 1.37. The van der Waals surface area contributed by atoms with E-state index in [4.69, 9.17) is 0 Å². The predicted octanol–water partition coefficient (Wildman–Crippen LogP) is 1.64. The van der Waals surface area contributed by atoms with E-state index in [9.17, 15) is 9.90 Å². The molecule has 0 spiro atoms. The molecule has 0 bridgehead atoms. The molecule has 1 aromatic rings. The second-order valence-corrected chi connectivity index (χ2v) is 6.01. The molecule has 0 radical (unpaired) electrons. The van der Waals surface area contributed by atoms with Crippen molar-refractivity contribution in [3.8, 4) is 0 Å². The maximum atomic E-state index is 11.2. The maximum absolute atomic E-state index is 11.2. The van der Waals surface area contributed by atoms with Crippen molar-refractivity contribution in [1.82, 2.24) is 9.97 Å². The number of likely N-dealkylation sites (N-methyl/N-ethyl adjacent to an activating group) is 1. The number of carboxylic acid groups (broad SMARTS) is 1. The highest BCUT2D eigenvalue weighted by atomic mass is 79.9. The summed E-state index contributed by atoms with van der Waals surface area (Å²) in [5.74, 6) is -0.821. The van der Waals surface area contributed by atoms with E-state index in [2.05, 4.69) is 41.8 Å². The van der Waals surface area contributed by atoms with Crippen molar-refractivity contribution in [2.24, 2.45) is 0 Å². The monoisotopic (exact) mass is 354 g/mol. The van der Waals surface area contributed by atoms with Crippen molar-refractivity contribution in [2.75, 3.05) is 21.1 Å². The van der Waals surface area contributed by atoms with Gasteiger partial charge in [-0.15, -0.1) is 0 Å². The molecule has 0 aliphatic rings. The second kappa shape index (κ2) is 4.85. The number of aromatic nitrogens is 2. The quantitative estimate of drug-likeness (QED) is 0.807. The Balaban J connectivity index is 2.93. The van der Waals surface area contributed by atoms with Crippen molar-refractivity contribution in [2.45, 2.75) is 12.5 Å². The van der Waals surface area contributed by atoms with Crippen molar-refractivity contribution in [3.05, 3.63) is 15.0 Å². The summed E-state index contributed by atoms with van der Waals surface area (Å²) in [6.07, 6.45) is 0.377. The summed E-state index contributed by atoms with van der Waals surface area (Å²) in [6.45, 7) is 0. The molecule has 0 saturated heterocycles. The lowest BCUT2D eigenvalue weighted by atomic mass is 10.1. The molecule has 2 N–H and O–H groups in total. The van der Waals surface area contributed by atoms with Gasteiger partial charge in [0.2, 0.25) is 0 Å². The minimum absolute atomic E-state index is 0.353. The Hall–Kier alpha value is -0.400. The lowest BCUT2D eigenvalue weighted by molar-refractivity contribution is -0.887. The van der Waals surface area contributed by atoms with Crippen LogP contribution in [0.5, 0.6) is 0 Å². The molecule has 90 valence electrons. The number of nitrogens with one attached hydrogen (secondary N) is 1. The van der Waals surface area contributed by atoms with Crippen LogP contribution in [0.25, 0.3) is 0 Å². The number of quaternary nitrogens is 1. The average molecular weight is 356 g/mol. The van der Waals surface area contributed by atoms with Crippen LogP contribution in [0.2, 0.25) is 0 Å². The largest absolute Gasteiger partial charge is 0.477 e. The molecule has 7 heteroatoms. The zero-order valence-electron chi connectivity index (χ0n) is 9.29. The van der Waals surface area contributed by atoms with Gasteiger partial charge in [-0.2, -0.15) is 0 Å². The lowest BCUT2D eigenvalue weighted by Gasteiger charge is -2.30. The summed E-state index contributed by atoms with van der Waals surface area (Å²) >= 11 is 6.52. The number of hydrogen-bond acceptors (Lipinski definition) is 2. The number of carbonyl (C=O) groups is 1. The van der Waals surface area contributed by atoms with E-state index in [1.165, 1.54) is 0 Å². The summed E-state index contributed by atoms with van der Waals surface area (Å²) in [5.41, 5.74) is 0.715. The molecule has 0 unspecified atom stereocenters. The van der Waals surface area contributed by atoms with Gasteiger partial charge in [0.05, 0.1) is 33.3 Å². The fourth-order valence-corrected chi connectivity index (χ4v) is 2.49. The van der Waals surface area contributed by atoms with Crippen LogP contribution < -0.4 is 0 Å². The molecule has 0 fully saturated rings. The van der Waals surface area contributed by atoms with Gasteiger partial charge in [-0.05, 0) is 31.9 Å². The van der Waals surface area contributed by atoms with Crippen molar-refractivity contribution in [1.29, 1.82) is 0 Å². The Kier molecular flexibility index (Phi) is 4.14. The van der Waals surface area contributed by atoms with Crippen LogP contribution in [0.3, 0.4) is 0 Å². The summed E-state index contributed by atoms with van der Waals surface area (Å²) in [5, 5.41) is 9.19. The van der Waals surface area contributed by atoms with Gasteiger partial charge in [0.25, 0.3) is 0 Å². The van der Waals surface area contributed by atoms with E-state index in [1.54, 1.807) is 0 Å². The Morgan fingerprint density at radius 2 is 2.06 bits per heavy atom. The molecule has 1 heterocycles. The van der Waals surface area contributed by atoms with E-state index >= 15 is 0 Å². The van der Waals surface area contributed by atoms with E-state index < -0.39 is 12.0 Å². The third-order valence-corrected chi connectivity index (χ3v) is 3.34. The van der Waals surface area contributed by atoms with Gasteiger partial charge in [-0.1, -0.05) is 0 Å². The molecule has 16 heavy (non-hydrogen) atoms. The lowest BCUT2D eigenvalue weighted by Crippen LogP contribution is -2.51. The highest BCUT2D eigenvalue weighted by molar-refractivity contribution is 9.11. The van der Waals surface area contributed by atoms with Crippen molar-refractivity contribution in [3.63, 3.8) is 0 Å². The SMILES string of the molecule is C[N+](C)(C)[C@@H](Cc1nc(Br)[nH]c1Br)C(=O)O. The number of hydrogen-bond donors (Lipinski definition) is 2. The number of imidazole rings is 1. The molecule has 0 aliphatic carbocycles. The minimum atomic E-state index is -0.821. The highest BCUT2D eigenvalue weighted by Gasteiger charge is 2.33. The van der Waals surface area contributed by atoms with Crippen LogP contribution in [0.15, 0.2) is 9.34 Å². The molecule has 0 amide bonds. The molecule has 1 aromatic heterocycles. The first-order valence-corrected chi connectivity index (χ1v) is 6.24. The number of rotatable bonds is 4. The first-order chi connectivity index (χ1) is 7.21. The van der Waals surface area contributed by atoms with Gasteiger partial charge < -0.3 is 14.6 Å². The first-order valence-electron chi connectivity index (χ1n) is 4.65. The third-order valence-electron chi connectivity index (χ3n) is 2.31. The first kappa shape index (κ1) is 13.7. The number of aliphatic carboxylic acids is 1. The standard InChI is InChI=1S/C9H13Br2N3O2/c1-14(2,3)6(8(15)16)4-5-7(10)13-9(11)12-5/h6H,4H2,1-3H3,(H-,12,13,15,16)/p+1/t6-/m0/s1. The predicted molar refractivity (Wildman–Crippen MR) is 67.1 cm³/mol. The van der Waals surface area contributed by atoms with Gasteiger partial charge in [0, 0.05) is 0 Å². The second-order valence-electron chi connectivity index (χ2n) is 4.46. The van der Waals surface area contributed by atoms with Gasteiger partial charge in [0.1, 0.15) is 4.60 Å². The molecule has 0 aromatic carbocycles. The molecule has 0 saturated carbocycles. The van der Waals surface area contributed by atoms with Crippen molar-refractivity contribution >= 4 is 37.8 Å². The van der Waals surface area contributed by atoms with E-state index in [-0.39, 0.29) is 0 Å². The number of carboxylic acids is 1. The molecular formula is C9H14Br2N3O2+.